The number of nitrogens with zero attached hydrogens (tertiary/aromatic N) is 1. The molecule has 0 saturated carbocycles. The van der Waals surface area contributed by atoms with Gasteiger partial charge in [-0.1, -0.05) is 20.8 Å². The Balaban J connectivity index is 0.00000264. The van der Waals surface area contributed by atoms with E-state index in [4.69, 9.17) is 0 Å². The fraction of sp³-hybridized carbons (Fsp3) is 0.714. The molecule has 9 heteroatoms. The summed E-state index contributed by atoms with van der Waals surface area (Å²) in [5, 5.41) is 11.8. The number of aromatic amines is 1. The van der Waals surface area contributed by atoms with Crippen molar-refractivity contribution in [1.82, 2.24) is 20.8 Å². The van der Waals surface area contributed by atoms with Crippen molar-refractivity contribution in [1.29, 1.82) is 0 Å². The van der Waals surface area contributed by atoms with E-state index in [0.29, 0.717) is 18.5 Å². The van der Waals surface area contributed by atoms with Gasteiger partial charge in [0.05, 0.1) is 0 Å². The summed E-state index contributed by atoms with van der Waals surface area (Å²) < 4.78 is 39.4. The van der Waals surface area contributed by atoms with Crippen molar-refractivity contribution < 1.29 is 18.0 Å². The average molecular weight is 355 g/mol. The van der Waals surface area contributed by atoms with E-state index in [1.165, 1.54) is 0 Å². The number of rotatable bonds is 3. The van der Waals surface area contributed by atoms with Crippen LogP contribution in [0, 0.1) is 5.41 Å². The van der Waals surface area contributed by atoms with E-state index in [-0.39, 0.29) is 24.5 Å². The Morgan fingerprint density at radius 3 is 2.57 bits per heavy atom. The molecule has 1 aliphatic rings. The van der Waals surface area contributed by atoms with Gasteiger partial charge in [0.1, 0.15) is 6.04 Å². The van der Waals surface area contributed by atoms with Crippen LogP contribution in [-0.4, -0.2) is 34.9 Å². The number of nitrogens with one attached hydrogen (secondary N) is 3. The van der Waals surface area contributed by atoms with Gasteiger partial charge < -0.3 is 10.6 Å². The molecule has 1 aromatic rings. The molecule has 0 saturated heterocycles. The van der Waals surface area contributed by atoms with Gasteiger partial charge in [-0.05, 0) is 11.8 Å². The Labute approximate surface area is 139 Å². The molecule has 0 aromatic carbocycles. The second kappa shape index (κ2) is 7.09. The predicted molar refractivity (Wildman–Crippen MR) is 82.6 cm³/mol. The Hall–Kier alpha value is -1.28. The van der Waals surface area contributed by atoms with Crippen LogP contribution in [0.4, 0.5) is 13.2 Å². The number of alkyl halides is 3. The topological polar surface area (TPSA) is 69.8 Å². The van der Waals surface area contributed by atoms with Gasteiger partial charge >= 0.3 is 6.18 Å². The summed E-state index contributed by atoms with van der Waals surface area (Å²) in [4.78, 5) is 12.2. The number of carbonyl (C=O) groups is 1. The van der Waals surface area contributed by atoms with E-state index >= 15 is 0 Å². The number of carbonyl (C=O) groups excluding carboxylic acids is 1. The molecule has 2 rings (SSSR count). The van der Waals surface area contributed by atoms with Gasteiger partial charge in [0.25, 0.3) is 5.91 Å². The highest BCUT2D eigenvalue weighted by molar-refractivity contribution is 5.94. The first-order valence-electron chi connectivity index (χ1n) is 7.22. The predicted octanol–water partition coefficient (Wildman–Crippen LogP) is 2.57. The third-order valence-corrected chi connectivity index (χ3v) is 3.54. The molecule has 1 atom stereocenters. The van der Waals surface area contributed by atoms with Crippen molar-refractivity contribution in [2.75, 3.05) is 6.54 Å². The fourth-order valence-corrected chi connectivity index (χ4v) is 2.50. The van der Waals surface area contributed by atoms with Crippen molar-refractivity contribution in [3.05, 3.63) is 17.0 Å². The number of H-pyrrole nitrogens is 1. The summed E-state index contributed by atoms with van der Waals surface area (Å²) >= 11 is 0. The van der Waals surface area contributed by atoms with Crippen LogP contribution in [0.1, 0.15) is 48.9 Å². The van der Waals surface area contributed by atoms with E-state index in [2.05, 4.69) is 20.8 Å². The zero-order valence-corrected chi connectivity index (χ0v) is 14.1. The third-order valence-electron chi connectivity index (χ3n) is 3.54. The van der Waals surface area contributed by atoms with E-state index in [9.17, 15) is 18.0 Å². The lowest BCUT2D eigenvalue weighted by Crippen LogP contribution is -2.47. The Bertz CT molecular complexity index is 551. The standard InChI is InChI=1S/C14H21F3N4O.ClH/c1-13(2,3)6-10(14(15,16)17)19-12(22)11-8-7-18-5-4-9(8)20-21-11;/h10,18H,4-7H2,1-3H3,(H,19,22)(H,20,21);1H. The van der Waals surface area contributed by atoms with E-state index in [1.807, 2.05) is 0 Å². The molecule has 132 valence electrons. The highest BCUT2D eigenvalue weighted by Crippen LogP contribution is 2.31. The summed E-state index contributed by atoms with van der Waals surface area (Å²) in [6.45, 7) is 6.31. The van der Waals surface area contributed by atoms with Crippen molar-refractivity contribution in [3.8, 4) is 0 Å². The summed E-state index contributed by atoms with van der Waals surface area (Å²) in [5.74, 6) is -0.784. The second-order valence-corrected chi connectivity index (χ2v) is 6.79. The van der Waals surface area contributed by atoms with E-state index in [1.54, 1.807) is 20.8 Å². The molecule has 1 unspecified atom stereocenters. The smallest absolute Gasteiger partial charge is 0.339 e. The number of halogens is 4. The summed E-state index contributed by atoms with van der Waals surface area (Å²) in [5.41, 5.74) is 0.953. The molecule has 0 radical (unpaired) electrons. The van der Waals surface area contributed by atoms with Crippen LogP contribution in [0.2, 0.25) is 0 Å². The monoisotopic (exact) mass is 354 g/mol. The van der Waals surface area contributed by atoms with Crippen molar-refractivity contribution in [3.63, 3.8) is 0 Å². The highest BCUT2D eigenvalue weighted by atomic mass is 35.5. The number of hydrogen-bond acceptors (Lipinski definition) is 3. The van der Waals surface area contributed by atoms with Gasteiger partial charge in [-0.25, -0.2) is 0 Å². The highest BCUT2D eigenvalue weighted by Gasteiger charge is 2.43. The first-order chi connectivity index (χ1) is 10.1. The molecule has 5 nitrogen and oxygen atoms in total. The summed E-state index contributed by atoms with van der Waals surface area (Å²) in [6.07, 6.45) is -4.00. The molecule has 2 heterocycles. The molecule has 0 fully saturated rings. The van der Waals surface area contributed by atoms with Gasteiger partial charge in [0, 0.05) is 30.8 Å². The zero-order valence-electron chi connectivity index (χ0n) is 13.3. The normalized spacial score (nSPS) is 16.3. The summed E-state index contributed by atoms with van der Waals surface area (Å²) in [7, 11) is 0. The molecule has 1 aliphatic heterocycles. The van der Waals surface area contributed by atoms with E-state index < -0.39 is 23.5 Å². The number of fused-ring (bicyclic) bond motifs is 1. The maximum Gasteiger partial charge on any atom is 0.408 e. The van der Waals surface area contributed by atoms with Crippen LogP contribution in [0.15, 0.2) is 0 Å². The first-order valence-corrected chi connectivity index (χ1v) is 7.22. The van der Waals surface area contributed by atoms with Crippen LogP contribution in [0.5, 0.6) is 0 Å². The molecule has 3 N–H and O–H groups in total. The van der Waals surface area contributed by atoms with Crippen LogP contribution in [0.3, 0.4) is 0 Å². The van der Waals surface area contributed by atoms with Crippen molar-refractivity contribution in [2.24, 2.45) is 5.41 Å². The quantitative estimate of drug-likeness (QED) is 0.781. The van der Waals surface area contributed by atoms with Gasteiger partial charge in [0.2, 0.25) is 0 Å². The molecule has 1 aromatic heterocycles. The molecule has 0 aliphatic carbocycles. The van der Waals surface area contributed by atoms with Crippen LogP contribution >= 0.6 is 12.4 Å². The van der Waals surface area contributed by atoms with Crippen LogP contribution in [-0.2, 0) is 13.0 Å². The number of amides is 1. The van der Waals surface area contributed by atoms with Crippen molar-refractivity contribution >= 4 is 18.3 Å². The third kappa shape index (κ3) is 5.10. The lowest BCUT2D eigenvalue weighted by atomic mass is 9.87. The maximum absolute atomic E-state index is 13.1. The minimum atomic E-state index is -4.49. The first kappa shape index (κ1) is 19.8. The zero-order chi connectivity index (χ0) is 16.5. The van der Waals surface area contributed by atoms with Gasteiger partial charge in [-0.15, -0.1) is 12.4 Å². The average Bonchev–Trinajstić information content (AvgIpc) is 2.79. The van der Waals surface area contributed by atoms with Crippen LogP contribution in [0.25, 0.3) is 0 Å². The summed E-state index contributed by atoms with van der Waals surface area (Å²) in [6, 6.07) is -1.89. The molecule has 0 bridgehead atoms. The Morgan fingerprint density at radius 1 is 1.35 bits per heavy atom. The molecular formula is C14H22ClF3N4O. The van der Waals surface area contributed by atoms with E-state index in [0.717, 1.165) is 12.2 Å². The maximum atomic E-state index is 13.1. The van der Waals surface area contributed by atoms with Gasteiger partial charge in [-0.2, -0.15) is 18.3 Å². The number of aromatic nitrogens is 2. The molecular weight excluding hydrogens is 333 g/mol. The lowest BCUT2D eigenvalue weighted by molar-refractivity contribution is -0.159. The van der Waals surface area contributed by atoms with Gasteiger partial charge in [0.15, 0.2) is 5.69 Å². The molecule has 0 spiro atoms. The Morgan fingerprint density at radius 2 is 2.00 bits per heavy atom. The minimum absolute atomic E-state index is 0. The lowest BCUT2D eigenvalue weighted by Gasteiger charge is -2.28. The number of hydrogen-bond donors (Lipinski definition) is 3. The second-order valence-electron chi connectivity index (χ2n) is 6.79. The molecule has 23 heavy (non-hydrogen) atoms. The SMILES string of the molecule is CC(C)(C)CC(NC(=O)c1n[nH]c2c1CNCC2)C(F)(F)F.Cl. The van der Waals surface area contributed by atoms with Gasteiger partial charge in [-0.3, -0.25) is 9.89 Å². The minimum Gasteiger partial charge on any atom is -0.339 e. The molecule has 1 amide bonds. The van der Waals surface area contributed by atoms with Crippen LogP contribution < -0.4 is 10.6 Å². The largest absolute Gasteiger partial charge is 0.408 e. The fourth-order valence-electron chi connectivity index (χ4n) is 2.50. The Kier molecular flexibility index (Phi) is 6.09. The van der Waals surface area contributed by atoms with Crippen molar-refractivity contribution in [2.45, 2.75) is 52.4 Å².